The molecule has 1 saturated carbocycles. The van der Waals surface area contributed by atoms with Gasteiger partial charge in [0.05, 0.1) is 11.6 Å². The van der Waals surface area contributed by atoms with Gasteiger partial charge < -0.3 is 9.64 Å². The van der Waals surface area contributed by atoms with Crippen molar-refractivity contribution in [1.29, 1.82) is 0 Å². The first-order valence-electron chi connectivity index (χ1n) is 7.16. The van der Waals surface area contributed by atoms with Gasteiger partial charge in [0, 0.05) is 31.4 Å². The highest BCUT2D eigenvalue weighted by Gasteiger charge is 2.29. The summed E-state index contributed by atoms with van der Waals surface area (Å²) in [5.41, 5.74) is 2.42. The minimum Gasteiger partial charge on any atom is -0.496 e. The van der Waals surface area contributed by atoms with Gasteiger partial charge in [0.2, 0.25) is 0 Å². The van der Waals surface area contributed by atoms with E-state index in [1.807, 2.05) is 36.0 Å². The third-order valence-electron chi connectivity index (χ3n) is 3.96. The number of anilines is 1. The fraction of sp³-hybridized carbons (Fsp3) is 0.375. The molecule has 1 aromatic heterocycles. The van der Waals surface area contributed by atoms with Crippen LogP contribution in [-0.2, 0) is 7.05 Å². The Hall–Kier alpha value is -1.82. The maximum absolute atomic E-state index is 12.6. The number of methoxy groups -OCH3 is 1. The van der Waals surface area contributed by atoms with Gasteiger partial charge >= 0.3 is 0 Å². The van der Waals surface area contributed by atoms with Gasteiger partial charge in [-0.15, -0.1) is 0 Å². The van der Waals surface area contributed by atoms with Crippen molar-refractivity contribution in [2.45, 2.75) is 18.8 Å². The topological polar surface area (TPSA) is 47.4 Å². The molecule has 3 rings (SSSR count). The standard InChI is InChI=1S/C16H18BrN3O2/c1-19(11-6-7-15(22-3)12(17)8-11)16(21)13-9-14(10-4-5-10)20(2)18-13/h6-10H,4-5H2,1-3H3. The predicted octanol–water partition coefficient (Wildman–Crippen LogP) is 3.35. The van der Waals surface area contributed by atoms with Gasteiger partial charge in [-0.3, -0.25) is 9.48 Å². The number of carbonyl (C=O) groups excluding carboxylic acids is 1. The molecule has 2 aromatic rings. The van der Waals surface area contributed by atoms with Crippen molar-refractivity contribution in [1.82, 2.24) is 9.78 Å². The lowest BCUT2D eigenvalue weighted by Gasteiger charge is -2.17. The SMILES string of the molecule is COc1ccc(N(C)C(=O)c2cc(C3CC3)n(C)n2)cc1Br. The van der Waals surface area contributed by atoms with Crippen LogP contribution in [0.2, 0.25) is 0 Å². The summed E-state index contributed by atoms with van der Waals surface area (Å²) in [5.74, 6) is 1.19. The lowest BCUT2D eigenvalue weighted by molar-refractivity contribution is 0.0987. The number of hydrogen-bond donors (Lipinski definition) is 0. The summed E-state index contributed by atoms with van der Waals surface area (Å²) in [5, 5.41) is 4.36. The summed E-state index contributed by atoms with van der Waals surface area (Å²) >= 11 is 3.44. The van der Waals surface area contributed by atoms with E-state index in [0.717, 1.165) is 21.6 Å². The lowest BCUT2D eigenvalue weighted by atomic mass is 10.2. The largest absolute Gasteiger partial charge is 0.496 e. The summed E-state index contributed by atoms with van der Waals surface area (Å²) in [6.45, 7) is 0. The molecule has 1 fully saturated rings. The van der Waals surface area contributed by atoms with E-state index in [2.05, 4.69) is 21.0 Å². The number of nitrogens with zero attached hydrogens (tertiary/aromatic N) is 3. The van der Waals surface area contributed by atoms with Crippen LogP contribution in [0.3, 0.4) is 0 Å². The molecule has 1 heterocycles. The molecule has 0 unspecified atom stereocenters. The molecule has 0 atom stereocenters. The highest BCUT2D eigenvalue weighted by Crippen LogP contribution is 2.40. The average Bonchev–Trinajstić information content (AvgIpc) is 3.28. The molecule has 0 N–H and O–H groups in total. The number of benzene rings is 1. The number of aryl methyl sites for hydroxylation is 1. The predicted molar refractivity (Wildman–Crippen MR) is 88.6 cm³/mol. The van der Waals surface area contributed by atoms with Crippen LogP contribution in [0.15, 0.2) is 28.7 Å². The van der Waals surface area contributed by atoms with Crippen LogP contribution in [0, 0.1) is 0 Å². The summed E-state index contributed by atoms with van der Waals surface area (Å²) in [4.78, 5) is 14.2. The van der Waals surface area contributed by atoms with Crippen molar-refractivity contribution in [3.8, 4) is 5.75 Å². The maximum atomic E-state index is 12.6. The zero-order valence-corrected chi connectivity index (χ0v) is 14.4. The van der Waals surface area contributed by atoms with Crippen LogP contribution in [0.5, 0.6) is 5.75 Å². The molecule has 0 radical (unpaired) electrons. The second-order valence-corrected chi connectivity index (χ2v) is 6.39. The van der Waals surface area contributed by atoms with Gasteiger partial charge in [0.15, 0.2) is 5.69 Å². The van der Waals surface area contributed by atoms with E-state index in [1.54, 1.807) is 19.1 Å². The Morgan fingerprint density at radius 2 is 2.14 bits per heavy atom. The molecule has 0 bridgehead atoms. The van der Waals surface area contributed by atoms with Crippen molar-refractivity contribution in [2.75, 3.05) is 19.1 Å². The normalized spacial score (nSPS) is 14.0. The van der Waals surface area contributed by atoms with E-state index in [-0.39, 0.29) is 5.91 Å². The first-order chi connectivity index (χ1) is 10.5. The molecule has 0 saturated heterocycles. The summed E-state index contributed by atoms with van der Waals surface area (Å²) in [6, 6.07) is 7.46. The molecule has 0 aliphatic heterocycles. The first-order valence-corrected chi connectivity index (χ1v) is 7.96. The molecule has 1 aromatic carbocycles. The van der Waals surface area contributed by atoms with Crippen LogP contribution < -0.4 is 9.64 Å². The van der Waals surface area contributed by atoms with Gasteiger partial charge in [-0.25, -0.2) is 0 Å². The second kappa shape index (κ2) is 5.76. The van der Waals surface area contributed by atoms with E-state index in [4.69, 9.17) is 4.74 Å². The fourth-order valence-corrected chi connectivity index (χ4v) is 3.03. The Bertz CT molecular complexity index is 722. The van der Waals surface area contributed by atoms with Crippen LogP contribution in [-0.4, -0.2) is 29.8 Å². The Labute approximate surface area is 138 Å². The van der Waals surface area contributed by atoms with E-state index >= 15 is 0 Å². The minimum atomic E-state index is -0.112. The number of ether oxygens (including phenoxy) is 1. The van der Waals surface area contributed by atoms with Crippen molar-refractivity contribution >= 4 is 27.5 Å². The number of aromatic nitrogens is 2. The average molecular weight is 364 g/mol. The van der Waals surface area contributed by atoms with E-state index in [9.17, 15) is 4.79 Å². The smallest absolute Gasteiger partial charge is 0.278 e. The van der Waals surface area contributed by atoms with Crippen LogP contribution >= 0.6 is 15.9 Å². The molecule has 5 nitrogen and oxygen atoms in total. The van der Waals surface area contributed by atoms with Gasteiger partial charge in [-0.05, 0) is 53.0 Å². The van der Waals surface area contributed by atoms with Crippen LogP contribution in [0.4, 0.5) is 5.69 Å². The van der Waals surface area contributed by atoms with Gasteiger partial charge in [-0.1, -0.05) is 0 Å². The Balaban J connectivity index is 1.84. The molecule has 6 heteroatoms. The Kier molecular flexibility index (Phi) is 3.95. The van der Waals surface area contributed by atoms with Crippen molar-refractivity contribution in [3.05, 3.63) is 40.1 Å². The van der Waals surface area contributed by atoms with Crippen molar-refractivity contribution in [3.63, 3.8) is 0 Å². The second-order valence-electron chi connectivity index (χ2n) is 5.54. The Morgan fingerprint density at radius 3 is 2.73 bits per heavy atom. The third-order valence-corrected chi connectivity index (χ3v) is 4.58. The summed E-state index contributed by atoms with van der Waals surface area (Å²) < 4.78 is 7.85. The lowest BCUT2D eigenvalue weighted by Crippen LogP contribution is -2.26. The molecular formula is C16H18BrN3O2. The van der Waals surface area contributed by atoms with E-state index < -0.39 is 0 Å². The quantitative estimate of drug-likeness (QED) is 0.836. The monoisotopic (exact) mass is 363 g/mol. The zero-order chi connectivity index (χ0) is 15.9. The van der Waals surface area contributed by atoms with Crippen LogP contribution in [0.1, 0.15) is 34.9 Å². The molecule has 116 valence electrons. The third kappa shape index (κ3) is 2.75. The maximum Gasteiger partial charge on any atom is 0.278 e. The highest BCUT2D eigenvalue weighted by molar-refractivity contribution is 9.10. The highest BCUT2D eigenvalue weighted by atomic mass is 79.9. The molecule has 22 heavy (non-hydrogen) atoms. The molecule has 1 aliphatic rings. The number of amides is 1. The van der Waals surface area contributed by atoms with Crippen LogP contribution in [0.25, 0.3) is 0 Å². The van der Waals surface area contributed by atoms with Gasteiger partial charge in [0.1, 0.15) is 5.75 Å². The molecule has 1 aliphatic carbocycles. The van der Waals surface area contributed by atoms with Gasteiger partial charge in [-0.2, -0.15) is 5.10 Å². The molecular weight excluding hydrogens is 346 g/mol. The number of hydrogen-bond acceptors (Lipinski definition) is 3. The summed E-state index contributed by atoms with van der Waals surface area (Å²) in [6.07, 6.45) is 2.38. The Morgan fingerprint density at radius 1 is 1.41 bits per heavy atom. The summed E-state index contributed by atoms with van der Waals surface area (Å²) in [7, 11) is 5.26. The van der Waals surface area contributed by atoms with Crippen molar-refractivity contribution < 1.29 is 9.53 Å². The fourth-order valence-electron chi connectivity index (χ4n) is 2.50. The van der Waals surface area contributed by atoms with E-state index in [0.29, 0.717) is 11.6 Å². The number of halogens is 1. The van der Waals surface area contributed by atoms with E-state index in [1.165, 1.54) is 12.8 Å². The molecule has 0 spiro atoms. The zero-order valence-electron chi connectivity index (χ0n) is 12.8. The van der Waals surface area contributed by atoms with Crippen molar-refractivity contribution in [2.24, 2.45) is 7.05 Å². The number of rotatable bonds is 4. The number of carbonyl (C=O) groups is 1. The minimum absolute atomic E-state index is 0.112. The van der Waals surface area contributed by atoms with Gasteiger partial charge in [0.25, 0.3) is 5.91 Å². The first kappa shape index (κ1) is 15.1. The molecule has 1 amide bonds.